The maximum Gasteiger partial charge on any atom is 0.142 e. The van der Waals surface area contributed by atoms with Crippen molar-refractivity contribution in [2.45, 2.75) is 65.1 Å². The van der Waals surface area contributed by atoms with Crippen LogP contribution in [0.3, 0.4) is 0 Å². The summed E-state index contributed by atoms with van der Waals surface area (Å²) in [6.07, 6.45) is 15.1. The molecule has 3 heterocycles. The van der Waals surface area contributed by atoms with Crippen molar-refractivity contribution < 1.29 is 4.39 Å². The van der Waals surface area contributed by atoms with Crippen LogP contribution in [0.5, 0.6) is 0 Å². The minimum Gasteiger partial charge on any atom is -0.370 e. The van der Waals surface area contributed by atoms with E-state index in [2.05, 4.69) is 76.3 Å². The first-order valence-corrected chi connectivity index (χ1v) is 14.7. The second kappa shape index (κ2) is 12.2. The van der Waals surface area contributed by atoms with Crippen molar-refractivity contribution in [1.29, 1.82) is 0 Å². The number of benzene rings is 1. The molecule has 0 N–H and O–H groups in total. The van der Waals surface area contributed by atoms with E-state index in [1.54, 1.807) is 12.1 Å². The van der Waals surface area contributed by atoms with Crippen molar-refractivity contribution in [3.05, 3.63) is 113 Å². The number of aromatic nitrogens is 1. The molecule has 5 rings (SSSR count). The van der Waals surface area contributed by atoms with E-state index in [1.165, 1.54) is 11.3 Å². The lowest BCUT2D eigenvalue weighted by atomic mass is 9.92. The number of hydrogen-bond acceptors (Lipinski definition) is 4. The minimum absolute atomic E-state index is 0.159. The number of halogens is 2. The number of nitrogens with zero attached hydrogens (tertiary/aromatic N) is 4. The molecule has 0 radical (unpaired) electrons. The number of fused-ring (bicyclic) bond motifs is 1. The fraction of sp³-hybridized carbons (Fsp3) is 0.382. The average molecular weight is 559 g/mol. The molecule has 2 aromatic rings. The third-order valence-electron chi connectivity index (χ3n) is 8.10. The molecule has 1 atom stereocenters. The molecule has 1 aromatic carbocycles. The van der Waals surface area contributed by atoms with Gasteiger partial charge in [-0.3, -0.25) is 9.88 Å². The first kappa shape index (κ1) is 28.4. The van der Waals surface area contributed by atoms with Crippen molar-refractivity contribution in [3.63, 3.8) is 0 Å². The van der Waals surface area contributed by atoms with Gasteiger partial charge >= 0.3 is 0 Å². The molecule has 0 amide bonds. The molecular formula is C34H40ClFN4. The SMILES string of the molecule is C=C(C)/C=C\C(=C/C)N1CCC[C@H](N(CC2=CN(C3CC3)c3cc(Cl)c(F)cc3C2=C)Cc2ccnc(C)c2)C1. The largest absolute Gasteiger partial charge is 0.370 e. The predicted octanol–water partition coefficient (Wildman–Crippen LogP) is 8.06. The van der Waals surface area contributed by atoms with Crippen LogP contribution in [0.2, 0.25) is 5.02 Å². The Hall–Kier alpha value is -3.15. The fourth-order valence-electron chi connectivity index (χ4n) is 5.84. The highest BCUT2D eigenvalue weighted by Gasteiger charge is 2.35. The lowest BCUT2D eigenvalue weighted by molar-refractivity contribution is 0.120. The van der Waals surface area contributed by atoms with Crippen molar-refractivity contribution in [3.8, 4) is 0 Å². The van der Waals surface area contributed by atoms with Crippen LogP contribution in [0.1, 0.15) is 56.4 Å². The summed E-state index contributed by atoms with van der Waals surface area (Å²) in [6.45, 7) is 18.2. The van der Waals surface area contributed by atoms with E-state index in [4.69, 9.17) is 11.6 Å². The molecule has 1 saturated heterocycles. The summed E-state index contributed by atoms with van der Waals surface area (Å²) in [5.41, 5.74) is 8.37. The Morgan fingerprint density at radius 2 is 2.00 bits per heavy atom. The molecule has 4 nitrogen and oxygen atoms in total. The van der Waals surface area contributed by atoms with E-state index in [0.29, 0.717) is 12.1 Å². The number of hydrogen-bond donors (Lipinski definition) is 0. The van der Waals surface area contributed by atoms with Gasteiger partial charge in [0.25, 0.3) is 0 Å². The molecule has 0 bridgehead atoms. The number of piperidine rings is 1. The lowest BCUT2D eigenvalue weighted by Gasteiger charge is -2.42. The van der Waals surface area contributed by atoms with Crippen LogP contribution in [0, 0.1) is 12.7 Å². The van der Waals surface area contributed by atoms with Gasteiger partial charge in [-0.05, 0) is 93.5 Å². The summed E-state index contributed by atoms with van der Waals surface area (Å²) < 4.78 is 14.6. The van der Waals surface area contributed by atoms with Gasteiger partial charge in [-0.2, -0.15) is 0 Å². The maximum absolute atomic E-state index is 14.6. The summed E-state index contributed by atoms with van der Waals surface area (Å²) in [5, 5.41) is 0.159. The Labute approximate surface area is 243 Å². The third-order valence-corrected chi connectivity index (χ3v) is 8.39. The van der Waals surface area contributed by atoms with Gasteiger partial charge in [0.1, 0.15) is 5.82 Å². The number of pyridine rings is 1. The Kier molecular flexibility index (Phi) is 8.62. The van der Waals surface area contributed by atoms with Crippen LogP contribution in [0.15, 0.2) is 84.9 Å². The molecule has 0 unspecified atom stereocenters. The number of aryl methyl sites for hydroxylation is 1. The Balaban J connectivity index is 1.46. The molecule has 2 fully saturated rings. The van der Waals surface area contributed by atoms with E-state index in [0.717, 1.165) is 85.5 Å². The first-order valence-electron chi connectivity index (χ1n) is 14.3. The second-order valence-corrected chi connectivity index (χ2v) is 11.8. The molecule has 3 aliphatic rings. The fourth-order valence-corrected chi connectivity index (χ4v) is 6.00. The standard InChI is InChI=1S/C34H40ClFN4/c1-6-28(10-9-23(2)3)38-15-7-8-30(22-38)39(19-26-13-14-37-24(4)16-26)20-27-21-40(29-11-12-29)34-18-32(35)33(36)17-31(34)25(27)5/h6,9-10,13-14,16-18,21,29-30H,2,5,7-8,11-12,15,19-20,22H2,1,3-4H3/b10-9-,28-6+/t30-/m0/s1. The topological polar surface area (TPSA) is 22.6 Å². The third kappa shape index (κ3) is 6.42. The van der Waals surface area contributed by atoms with Crippen molar-refractivity contribution in [2.24, 2.45) is 0 Å². The molecule has 2 aliphatic heterocycles. The molecule has 210 valence electrons. The van der Waals surface area contributed by atoms with Crippen molar-refractivity contribution in [1.82, 2.24) is 14.8 Å². The predicted molar refractivity (Wildman–Crippen MR) is 166 cm³/mol. The minimum atomic E-state index is -0.396. The van der Waals surface area contributed by atoms with Gasteiger partial charge in [-0.25, -0.2) is 4.39 Å². The molecule has 1 aromatic heterocycles. The normalized spacial score (nSPS) is 19.9. The Morgan fingerprint density at radius 1 is 1.20 bits per heavy atom. The van der Waals surface area contributed by atoms with E-state index in [-0.39, 0.29) is 5.02 Å². The summed E-state index contributed by atoms with van der Waals surface area (Å²) in [4.78, 5) is 11.8. The van der Waals surface area contributed by atoms with Gasteiger partial charge in [0, 0.05) is 67.6 Å². The van der Waals surface area contributed by atoms with E-state index >= 15 is 0 Å². The Morgan fingerprint density at radius 3 is 2.70 bits per heavy atom. The van der Waals surface area contributed by atoms with E-state index in [1.807, 2.05) is 20.0 Å². The molecule has 1 saturated carbocycles. The molecule has 6 heteroatoms. The zero-order valence-electron chi connectivity index (χ0n) is 24.0. The van der Waals surface area contributed by atoms with Gasteiger partial charge < -0.3 is 9.80 Å². The summed E-state index contributed by atoms with van der Waals surface area (Å²) in [5.74, 6) is -0.396. The maximum atomic E-state index is 14.6. The smallest absolute Gasteiger partial charge is 0.142 e. The quantitative estimate of drug-likeness (QED) is 0.290. The number of allylic oxidation sites excluding steroid dienone is 4. The van der Waals surface area contributed by atoms with Crippen molar-refractivity contribution in [2.75, 3.05) is 24.5 Å². The monoisotopic (exact) mass is 558 g/mol. The van der Waals surface area contributed by atoms with Crippen LogP contribution in [-0.2, 0) is 6.54 Å². The average Bonchev–Trinajstić information content (AvgIpc) is 3.77. The van der Waals surface area contributed by atoms with Gasteiger partial charge in [-0.15, -0.1) is 0 Å². The van der Waals surface area contributed by atoms with Gasteiger partial charge in [0.2, 0.25) is 0 Å². The number of likely N-dealkylation sites (tertiary alicyclic amines) is 1. The highest BCUT2D eigenvalue weighted by molar-refractivity contribution is 6.31. The van der Waals surface area contributed by atoms with Gasteiger partial charge in [0.05, 0.1) is 10.7 Å². The van der Waals surface area contributed by atoms with Gasteiger partial charge in [0.15, 0.2) is 0 Å². The number of rotatable bonds is 9. The van der Waals surface area contributed by atoms with Crippen LogP contribution in [0.4, 0.5) is 10.1 Å². The summed E-state index contributed by atoms with van der Waals surface area (Å²) in [6, 6.07) is 8.39. The molecule has 40 heavy (non-hydrogen) atoms. The van der Waals surface area contributed by atoms with Crippen molar-refractivity contribution >= 4 is 22.9 Å². The Bertz CT molecular complexity index is 1390. The van der Waals surface area contributed by atoms with Crippen LogP contribution >= 0.6 is 11.6 Å². The molecular weight excluding hydrogens is 519 g/mol. The molecule has 1 aliphatic carbocycles. The summed E-state index contributed by atoms with van der Waals surface area (Å²) >= 11 is 6.22. The zero-order valence-corrected chi connectivity index (χ0v) is 24.7. The van der Waals surface area contributed by atoms with Crippen LogP contribution in [0.25, 0.3) is 5.57 Å². The van der Waals surface area contributed by atoms with Crippen LogP contribution < -0.4 is 4.90 Å². The van der Waals surface area contributed by atoms with E-state index in [9.17, 15) is 4.39 Å². The molecule has 0 spiro atoms. The van der Waals surface area contributed by atoms with E-state index < -0.39 is 5.82 Å². The zero-order chi connectivity index (χ0) is 28.4. The summed E-state index contributed by atoms with van der Waals surface area (Å²) in [7, 11) is 0. The van der Waals surface area contributed by atoms with Crippen LogP contribution in [-0.4, -0.2) is 46.5 Å². The highest BCUT2D eigenvalue weighted by atomic mass is 35.5. The highest BCUT2D eigenvalue weighted by Crippen LogP contribution is 2.44. The van der Waals surface area contributed by atoms with Gasteiger partial charge in [-0.1, -0.05) is 42.5 Å². The number of anilines is 1. The second-order valence-electron chi connectivity index (χ2n) is 11.4. The lowest BCUT2D eigenvalue weighted by Crippen LogP contribution is -2.48. The first-order chi connectivity index (χ1) is 19.2.